The van der Waals surface area contributed by atoms with Crippen molar-refractivity contribution in [3.05, 3.63) is 52.5 Å². The Balaban J connectivity index is 2.19. The van der Waals surface area contributed by atoms with E-state index in [-0.39, 0.29) is 5.69 Å². The highest BCUT2D eigenvalue weighted by Crippen LogP contribution is 2.32. The first-order valence-corrected chi connectivity index (χ1v) is 8.23. The Morgan fingerprint density at radius 2 is 1.48 bits per heavy atom. The van der Waals surface area contributed by atoms with Crippen LogP contribution in [-0.4, -0.2) is 18.9 Å². The molecule has 0 aliphatic rings. The summed E-state index contributed by atoms with van der Waals surface area (Å²) in [4.78, 5) is 25.2. The van der Waals surface area contributed by atoms with Crippen molar-refractivity contribution in [2.24, 2.45) is 5.41 Å². The van der Waals surface area contributed by atoms with Crippen molar-refractivity contribution >= 4 is 46.4 Å². The number of hydrogen-bond donors (Lipinski definition) is 2. The zero-order valence-corrected chi connectivity index (χ0v) is 15.5. The van der Waals surface area contributed by atoms with E-state index in [1.54, 1.807) is 42.5 Å². The fraction of sp³-hybridized carbons (Fsp3) is 0.222. The number of rotatable bonds is 5. The van der Waals surface area contributed by atoms with Crippen LogP contribution in [0.4, 0.5) is 11.4 Å². The number of carbonyl (C=O) groups excluding carboxylic acids is 2. The summed E-state index contributed by atoms with van der Waals surface area (Å²) in [5.74, 6) is -0.520. The summed E-state index contributed by atoms with van der Waals surface area (Å²) in [6, 6.07) is 11.8. The standard InChI is InChI=1S/C18H18Cl2N2O3/c1-18(2,16(23)21-13-9-4-5-10-14(13)25-3)17(24)22-15-11(19)7-6-8-12(15)20/h4-10H,1-3H3,(H,21,23)(H,22,24). The minimum Gasteiger partial charge on any atom is -0.495 e. The van der Waals surface area contributed by atoms with Gasteiger partial charge in [-0.3, -0.25) is 9.59 Å². The Kier molecular flexibility index (Phi) is 5.93. The van der Waals surface area contributed by atoms with Gasteiger partial charge in [-0.1, -0.05) is 41.4 Å². The van der Waals surface area contributed by atoms with Gasteiger partial charge in [0, 0.05) is 0 Å². The largest absolute Gasteiger partial charge is 0.495 e. The Morgan fingerprint density at radius 1 is 0.920 bits per heavy atom. The van der Waals surface area contributed by atoms with Gasteiger partial charge in [0.2, 0.25) is 11.8 Å². The second-order valence-corrected chi connectivity index (χ2v) is 6.64. The van der Waals surface area contributed by atoms with Crippen LogP contribution >= 0.6 is 23.2 Å². The topological polar surface area (TPSA) is 67.4 Å². The molecule has 2 N–H and O–H groups in total. The monoisotopic (exact) mass is 380 g/mol. The van der Waals surface area contributed by atoms with E-state index in [0.29, 0.717) is 21.5 Å². The van der Waals surface area contributed by atoms with Gasteiger partial charge in [-0.25, -0.2) is 0 Å². The number of anilines is 2. The van der Waals surface area contributed by atoms with E-state index in [1.165, 1.54) is 21.0 Å². The first-order valence-electron chi connectivity index (χ1n) is 7.47. The van der Waals surface area contributed by atoms with Gasteiger partial charge in [-0.15, -0.1) is 0 Å². The van der Waals surface area contributed by atoms with Crippen molar-refractivity contribution in [2.75, 3.05) is 17.7 Å². The first-order chi connectivity index (χ1) is 11.8. The molecule has 0 saturated carbocycles. The van der Waals surface area contributed by atoms with Crippen LogP contribution in [0.25, 0.3) is 0 Å². The fourth-order valence-electron chi connectivity index (χ4n) is 2.02. The van der Waals surface area contributed by atoms with Crippen LogP contribution in [0.3, 0.4) is 0 Å². The second-order valence-electron chi connectivity index (χ2n) is 5.83. The number of carbonyl (C=O) groups is 2. The normalized spacial score (nSPS) is 10.9. The average molecular weight is 381 g/mol. The Morgan fingerprint density at radius 3 is 2.08 bits per heavy atom. The van der Waals surface area contributed by atoms with Gasteiger partial charge in [0.15, 0.2) is 0 Å². The number of para-hydroxylation sites is 3. The summed E-state index contributed by atoms with van der Waals surface area (Å²) in [6.07, 6.45) is 0. The van der Waals surface area contributed by atoms with Crippen LogP contribution in [0.15, 0.2) is 42.5 Å². The quantitative estimate of drug-likeness (QED) is 0.744. The molecule has 2 aromatic carbocycles. The van der Waals surface area contributed by atoms with E-state index >= 15 is 0 Å². The maximum Gasteiger partial charge on any atom is 0.239 e. The minimum atomic E-state index is -1.37. The molecular weight excluding hydrogens is 363 g/mol. The molecule has 2 amide bonds. The molecule has 0 fully saturated rings. The van der Waals surface area contributed by atoms with Crippen molar-refractivity contribution < 1.29 is 14.3 Å². The third-order valence-corrected chi connectivity index (χ3v) is 4.32. The molecule has 132 valence electrons. The molecule has 0 radical (unpaired) electrons. The second kappa shape index (κ2) is 7.76. The van der Waals surface area contributed by atoms with Gasteiger partial charge < -0.3 is 15.4 Å². The average Bonchev–Trinajstić information content (AvgIpc) is 2.58. The lowest BCUT2D eigenvalue weighted by atomic mass is 9.90. The molecule has 0 unspecified atom stereocenters. The maximum absolute atomic E-state index is 12.6. The molecule has 0 aliphatic carbocycles. The van der Waals surface area contributed by atoms with E-state index in [9.17, 15) is 9.59 Å². The first kappa shape index (κ1) is 19.1. The summed E-state index contributed by atoms with van der Waals surface area (Å²) in [7, 11) is 1.50. The number of methoxy groups -OCH3 is 1. The molecular formula is C18H18Cl2N2O3. The van der Waals surface area contributed by atoms with Crippen LogP contribution in [0.1, 0.15) is 13.8 Å². The fourth-order valence-corrected chi connectivity index (χ4v) is 2.51. The van der Waals surface area contributed by atoms with Gasteiger partial charge in [0.1, 0.15) is 11.2 Å². The summed E-state index contributed by atoms with van der Waals surface area (Å²) in [6.45, 7) is 3.02. The number of nitrogens with one attached hydrogen (secondary N) is 2. The molecule has 0 spiro atoms. The van der Waals surface area contributed by atoms with E-state index in [0.717, 1.165) is 0 Å². The molecule has 0 heterocycles. The van der Waals surface area contributed by atoms with Crippen molar-refractivity contribution in [2.45, 2.75) is 13.8 Å². The highest BCUT2D eigenvalue weighted by molar-refractivity contribution is 6.40. The zero-order valence-electron chi connectivity index (χ0n) is 14.0. The molecule has 2 rings (SSSR count). The van der Waals surface area contributed by atoms with Gasteiger partial charge in [-0.2, -0.15) is 0 Å². The Bertz CT molecular complexity index is 786. The van der Waals surface area contributed by atoms with Crippen LogP contribution in [0, 0.1) is 5.41 Å². The van der Waals surface area contributed by atoms with Crippen molar-refractivity contribution in [1.82, 2.24) is 0 Å². The van der Waals surface area contributed by atoms with Crippen molar-refractivity contribution in [3.8, 4) is 5.75 Å². The lowest BCUT2D eigenvalue weighted by Gasteiger charge is -2.24. The summed E-state index contributed by atoms with van der Waals surface area (Å²) in [5, 5.41) is 5.91. The Labute approximate surface area is 156 Å². The molecule has 0 saturated heterocycles. The predicted octanol–water partition coefficient (Wildman–Crippen LogP) is 4.61. The summed E-state index contributed by atoms with van der Waals surface area (Å²) >= 11 is 12.1. The van der Waals surface area contributed by atoms with Crippen molar-refractivity contribution in [1.29, 1.82) is 0 Å². The number of ether oxygens (including phenoxy) is 1. The Hall–Kier alpha value is -2.24. The molecule has 0 aliphatic heterocycles. The lowest BCUT2D eigenvalue weighted by Crippen LogP contribution is -2.41. The van der Waals surface area contributed by atoms with Crippen molar-refractivity contribution in [3.63, 3.8) is 0 Å². The summed E-state index contributed by atoms with van der Waals surface area (Å²) in [5.41, 5.74) is -0.621. The van der Waals surface area contributed by atoms with Crippen LogP contribution in [0.5, 0.6) is 5.75 Å². The maximum atomic E-state index is 12.6. The summed E-state index contributed by atoms with van der Waals surface area (Å²) < 4.78 is 5.20. The molecule has 25 heavy (non-hydrogen) atoms. The number of benzene rings is 2. The SMILES string of the molecule is COc1ccccc1NC(=O)C(C)(C)C(=O)Nc1c(Cl)cccc1Cl. The zero-order chi connectivity index (χ0) is 18.6. The molecule has 5 nitrogen and oxygen atoms in total. The highest BCUT2D eigenvalue weighted by Gasteiger charge is 2.37. The molecule has 0 aromatic heterocycles. The van der Waals surface area contributed by atoms with Gasteiger partial charge in [0.25, 0.3) is 0 Å². The number of halogens is 2. The van der Waals surface area contributed by atoms with Gasteiger partial charge >= 0.3 is 0 Å². The molecule has 2 aromatic rings. The third kappa shape index (κ3) is 4.24. The van der Waals surface area contributed by atoms with Crippen LogP contribution in [0.2, 0.25) is 10.0 Å². The van der Waals surface area contributed by atoms with Gasteiger partial charge in [0.05, 0.1) is 28.5 Å². The van der Waals surface area contributed by atoms with E-state index in [2.05, 4.69) is 10.6 Å². The minimum absolute atomic E-state index is 0.272. The highest BCUT2D eigenvalue weighted by atomic mass is 35.5. The number of amides is 2. The van der Waals surface area contributed by atoms with Crippen LogP contribution < -0.4 is 15.4 Å². The molecule has 0 atom stereocenters. The van der Waals surface area contributed by atoms with E-state index in [4.69, 9.17) is 27.9 Å². The lowest BCUT2D eigenvalue weighted by molar-refractivity contribution is -0.135. The third-order valence-electron chi connectivity index (χ3n) is 3.69. The number of hydrogen-bond acceptors (Lipinski definition) is 3. The van der Waals surface area contributed by atoms with Crippen LogP contribution in [-0.2, 0) is 9.59 Å². The van der Waals surface area contributed by atoms with E-state index in [1.807, 2.05) is 0 Å². The molecule has 7 heteroatoms. The smallest absolute Gasteiger partial charge is 0.239 e. The van der Waals surface area contributed by atoms with Gasteiger partial charge in [-0.05, 0) is 38.1 Å². The predicted molar refractivity (Wildman–Crippen MR) is 100 cm³/mol. The van der Waals surface area contributed by atoms with E-state index < -0.39 is 17.2 Å². The molecule has 0 bridgehead atoms.